The number of nitriles is 2. The third-order valence-electron chi connectivity index (χ3n) is 7.39. The number of carbonyl (C=O) groups excluding carboxylic acids is 2. The lowest BCUT2D eigenvalue weighted by Crippen LogP contribution is -2.13. The quantitative estimate of drug-likeness (QED) is 0.128. The van der Waals surface area contributed by atoms with Gasteiger partial charge in [0.2, 0.25) is 0 Å². The predicted molar refractivity (Wildman–Crippen MR) is 187 cm³/mol. The molecule has 2 aromatic carbocycles. The number of ether oxygens (including phenoxy) is 2. The largest absolute Gasteiger partial charge is 0.495 e. The molecule has 10 N–H and O–H groups in total. The van der Waals surface area contributed by atoms with Crippen molar-refractivity contribution in [2.45, 2.75) is 0 Å². The summed E-state index contributed by atoms with van der Waals surface area (Å²) in [5, 5.41) is 25.1. The van der Waals surface area contributed by atoms with E-state index in [4.69, 9.17) is 32.4 Å². The maximum Gasteiger partial charge on any atom is 0.268 e. The van der Waals surface area contributed by atoms with Gasteiger partial charge in [0.1, 0.15) is 54.7 Å². The fraction of sp³-hybridized carbons (Fsp3) is 0.0625. The van der Waals surface area contributed by atoms with E-state index in [1.165, 1.54) is 26.4 Å². The van der Waals surface area contributed by atoms with Crippen LogP contribution in [0.5, 0.6) is 11.5 Å². The van der Waals surface area contributed by atoms with Crippen LogP contribution in [-0.2, 0) is 0 Å². The van der Waals surface area contributed by atoms with Gasteiger partial charge in [-0.2, -0.15) is 10.5 Å². The highest BCUT2D eigenvalue weighted by atomic mass is 32.1. The summed E-state index contributed by atoms with van der Waals surface area (Å²) < 4.78 is 11.2. The molecule has 0 spiro atoms. The zero-order chi connectivity index (χ0) is 34.3. The number of carbonyl (C=O) groups is 2. The van der Waals surface area contributed by atoms with Crippen molar-refractivity contribution in [3.8, 4) is 34.8 Å². The van der Waals surface area contributed by atoms with Crippen molar-refractivity contribution in [1.29, 1.82) is 10.5 Å². The molecule has 0 aliphatic heterocycles. The van der Waals surface area contributed by atoms with Gasteiger partial charge in [-0.3, -0.25) is 9.59 Å². The Labute approximate surface area is 280 Å². The second kappa shape index (κ2) is 12.3. The average Bonchev–Trinajstić information content (AvgIpc) is 3.58. The highest BCUT2D eigenvalue weighted by Crippen LogP contribution is 2.39. The van der Waals surface area contributed by atoms with Gasteiger partial charge in [-0.25, -0.2) is 9.97 Å². The van der Waals surface area contributed by atoms with Crippen molar-refractivity contribution in [3.63, 3.8) is 0 Å². The molecule has 0 atom stereocenters. The molecule has 16 heteroatoms. The molecule has 48 heavy (non-hydrogen) atoms. The van der Waals surface area contributed by atoms with Gasteiger partial charge in [0.25, 0.3) is 11.8 Å². The number of nitrogens with zero attached hydrogens (tertiary/aromatic N) is 4. The summed E-state index contributed by atoms with van der Waals surface area (Å²) in [5.41, 5.74) is 27.1. The fourth-order valence-electron chi connectivity index (χ4n) is 4.93. The number of hydrogen-bond donors (Lipinski definition) is 6. The van der Waals surface area contributed by atoms with E-state index in [9.17, 15) is 20.1 Å². The number of methoxy groups -OCH3 is 2. The summed E-state index contributed by atoms with van der Waals surface area (Å²) in [6, 6.07) is 17.4. The van der Waals surface area contributed by atoms with E-state index in [1.54, 1.807) is 36.4 Å². The Morgan fingerprint density at radius 3 is 1.44 bits per heavy atom. The first kappa shape index (κ1) is 31.4. The van der Waals surface area contributed by atoms with E-state index in [-0.39, 0.29) is 43.9 Å². The minimum Gasteiger partial charge on any atom is -0.495 e. The smallest absolute Gasteiger partial charge is 0.268 e. The molecule has 6 aromatic rings. The molecule has 4 heterocycles. The number of fused-ring (bicyclic) bond motifs is 2. The van der Waals surface area contributed by atoms with Crippen LogP contribution < -0.4 is 43.0 Å². The van der Waals surface area contributed by atoms with E-state index in [1.807, 2.05) is 12.1 Å². The zero-order valence-electron chi connectivity index (χ0n) is 25.2. The number of nitrogens with one attached hydrogen (secondary N) is 2. The molecule has 0 aliphatic rings. The number of hydrogen-bond acceptors (Lipinski definition) is 14. The summed E-state index contributed by atoms with van der Waals surface area (Å²) in [5.74, 6) is -0.0976. The van der Waals surface area contributed by atoms with E-state index in [0.29, 0.717) is 43.3 Å². The lowest BCUT2D eigenvalue weighted by molar-refractivity contribution is 0.102. The van der Waals surface area contributed by atoms with Crippen LogP contribution in [-0.4, -0.2) is 36.0 Å². The zero-order valence-corrected chi connectivity index (χ0v) is 26.8. The molecule has 0 unspecified atom stereocenters. The number of amides is 2. The molecule has 0 fully saturated rings. The molecule has 0 saturated heterocycles. The Morgan fingerprint density at radius 2 is 1.08 bits per heavy atom. The van der Waals surface area contributed by atoms with Crippen molar-refractivity contribution < 1.29 is 19.1 Å². The number of pyridine rings is 2. The molecule has 0 saturated carbocycles. The first-order chi connectivity index (χ1) is 23.1. The van der Waals surface area contributed by atoms with Gasteiger partial charge < -0.3 is 43.0 Å². The number of nitrogen functional groups attached to an aromatic ring is 4. The van der Waals surface area contributed by atoms with Crippen molar-refractivity contribution in [2.24, 2.45) is 0 Å². The van der Waals surface area contributed by atoms with Gasteiger partial charge in [-0.15, -0.1) is 22.7 Å². The van der Waals surface area contributed by atoms with Crippen molar-refractivity contribution in [1.82, 2.24) is 9.97 Å². The van der Waals surface area contributed by atoms with Gasteiger partial charge in [0, 0.05) is 10.8 Å². The summed E-state index contributed by atoms with van der Waals surface area (Å²) in [7, 11) is 2.95. The van der Waals surface area contributed by atoms with Gasteiger partial charge in [0.15, 0.2) is 0 Å². The van der Waals surface area contributed by atoms with Crippen LogP contribution in [0.2, 0.25) is 0 Å². The molecule has 4 aromatic heterocycles. The molecule has 6 rings (SSSR count). The Hall–Kier alpha value is -6.62. The maximum atomic E-state index is 13.3. The Bertz CT molecular complexity index is 2240. The summed E-state index contributed by atoms with van der Waals surface area (Å²) >= 11 is 2.12. The van der Waals surface area contributed by atoms with Crippen LogP contribution in [0.1, 0.15) is 30.5 Å². The molecule has 238 valence electrons. The van der Waals surface area contributed by atoms with E-state index in [2.05, 4.69) is 20.6 Å². The average molecular weight is 677 g/mol. The first-order valence-corrected chi connectivity index (χ1v) is 15.5. The Kier molecular flexibility index (Phi) is 8.03. The van der Waals surface area contributed by atoms with Gasteiger partial charge in [0.05, 0.1) is 48.1 Å². The Morgan fingerprint density at radius 1 is 0.688 bits per heavy atom. The minimum absolute atomic E-state index is 0.0582. The number of aromatic nitrogens is 2. The molecule has 0 aliphatic carbocycles. The van der Waals surface area contributed by atoms with Gasteiger partial charge in [-0.05, 0) is 47.5 Å². The van der Waals surface area contributed by atoms with Crippen LogP contribution in [0.4, 0.5) is 34.4 Å². The topological polar surface area (TPSA) is 254 Å². The first-order valence-electron chi connectivity index (χ1n) is 13.8. The van der Waals surface area contributed by atoms with E-state index in [0.717, 1.165) is 33.8 Å². The molecular weight excluding hydrogens is 653 g/mol. The minimum atomic E-state index is -0.482. The maximum absolute atomic E-state index is 13.3. The summed E-state index contributed by atoms with van der Waals surface area (Å²) in [4.78, 5) is 36.2. The number of nitrogens with two attached hydrogens (primary N) is 4. The molecule has 0 radical (unpaired) electrons. The standard InChI is InChI=1S/C32H24N10O4S2/c1-45-21-9-13(3-5-19(21)39-29(43)25-23(35)17-7-15(11-33)27(37)41-31(17)47-25)14-4-6-20(22(10-14)46-2)40-30(44)26-24(36)18-8-16(12-34)28(38)42-32(18)48-26/h3-10H,35-36H2,1-2H3,(H2,37,41)(H2,38,42)(H,39,43)(H,40,44). The van der Waals surface area contributed by atoms with Crippen LogP contribution in [0, 0.1) is 22.7 Å². The number of thiophene rings is 2. The number of anilines is 6. The monoisotopic (exact) mass is 676 g/mol. The third-order valence-corrected chi connectivity index (χ3v) is 9.62. The molecular formula is C32H24N10O4S2. The fourth-order valence-corrected chi connectivity index (χ4v) is 6.89. The van der Waals surface area contributed by atoms with Crippen LogP contribution in [0.25, 0.3) is 31.6 Å². The van der Waals surface area contributed by atoms with Crippen molar-refractivity contribution in [3.05, 3.63) is 69.4 Å². The SMILES string of the molecule is COc1cc(-c2ccc(NC(=O)c3sc4nc(N)c(C#N)cc4c3N)c(OC)c2)ccc1NC(=O)c1sc2nc(N)c(C#N)cc2c1N. The summed E-state index contributed by atoms with van der Waals surface area (Å²) in [6.45, 7) is 0. The highest BCUT2D eigenvalue weighted by Gasteiger charge is 2.22. The van der Waals surface area contributed by atoms with E-state index >= 15 is 0 Å². The highest BCUT2D eigenvalue weighted by molar-refractivity contribution is 7.21. The lowest BCUT2D eigenvalue weighted by atomic mass is 10.0. The summed E-state index contributed by atoms with van der Waals surface area (Å²) in [6.07, 6.45) is 0. The van der Waals surface area contributed by atoms with Gasteiger partial charge >= 0.3 is 0 Å². The van der Waals surface area contributed by atoms with Crippen LogP contribution >= 0.6 is 22.7 Å². The van der Waals surface area contributed by atoms with Gasteiger partial charge in [-0.1, -0.05) is 12.1 Å². The van der Waals surface area contributed by atoms with Crippen molar-refractivity contribution >= 4 is 89.3 Å². The second-order valence-corrected chi connectivity index (χ2v) is 12.2. The number of benzene rings is 2. The lowest BCUT2D eigenvalue weighted by Gasteiger charge is -2.14. The van der Waals surface area contributed by atoms with E-state index < -0.39 is 11.8 Å². The van der Waals surface area contributed by atoms with Crippen molar-refractivity contribution in [2.75, 3.05) is 47.8 Å². The number of rotatable bonds is 7. The van der Waals surface area contributed by atoms with Crippen LogP contribution in [0.3, 0.4) is 0 Å². The normalized spacial score (nSPS) is 10.8. The molecule has 2 amide bonds. The molecule has 14 nitrogen and oxygen atoms in total. The third kappa shape index (κ3) is 5.43. The Balaban J connectivity index is 1.24. The second-order valence-electron chi connectivity index (χ2n) is 10.2. The van der Waals surface area contributed by atoms with Crippen LogP contribution in [0.15, 0.2) is 48.5 Å². The predicted octanol–water partition coefficient (Wildman–Crippen LogP) is 5.17. The molecule has 0 bridgehead atoms.